The maximum Gasteiger partial charge on any atom is 0.243 e. The molecule has 1 N–H and O–H groups in total. The standard InChI is InChI=1S/C19H20N2O2S/c1-14-6-2-5-9-19(14)24(22,23)21-11-10-16(13-21)18-12-15-7-3-4-8-17(15)20-18/h2-9,12,16,20H,10-11,13H2,1H3. The number of rotatable bonds is 3. The number of para-hydroxylation sites is 1. The van der Waals surface area contributed by atoms with Gasteiger partial charge in [-0.05, 0) is 42.5 Å². The lowest BCUT2D eigenvalue weighted by molar-refractivity contribution is 0.472. The van der Waals surface area contributed by atoms with Crippen LogP contribution in [0.5, 0.6) is 0 Å². The molecule has 1 aliphatic rings. The minimum atomic E-state index is -3.42. The monoisotopic (exact) mass is 340 g/mol. The molecule has 0 amide bonds. The maximum absolute atomic E-state index is 12.9. The van der Waals surface area contributed by atoms with E-state index in [0.29, 0.717) is 18.0 Å². The minimum absolute atomic E-state index is 0.219. The summed E-state index contributed by atoms with van der Waals surface area (Å²) in [7, 11) is -3.42. The van der Waals surface area contributed by atoms with Crippen LogP contribution in [-0.4, -0.2) is 30.8 Å². The Morgan fingerprint density at radius 2 is 1.83 bits per heavy atom. The fourth-order valence-corrected chi connectivity index (χ4v) is 5.23. The molecule has 4 nitrogen and oxygen atoms in total. The summed E-state index contributed by atoms with van der Waals surface area (Å²) in [6, 6.07) is 17.5. The fourth-order valence-electron chi connectivity index (χ4n) is 3.50. The van der Waals surface area contributed by atoms with E-state index in [-0.39, 0.29) is 5.92 Å². The average molecular weight is 340 g/mol. The van der Waals surface area contributed by atoms with Crippen molar-refractivity contribution in [3.63, 3.8) is 0 Å². The molecule has 1 aliphatic heterocycles. The second-order valence-corrected chi connectivity index (χ2v) is 8.33. The number of fused-ring (bicyclic) bond motifs is 1. The van der Waals surface area contributed by atoms with E-state index in [1.807, 2.05) is 31.2 Å². The smallest absolute Gasteiger partial charge is 0.243 e. The van der Waals surface area contributed by atoms with Crippen LogP contribution in [0.2, 0.25) is 0 Å². The predicted octanol–water partition coefficient (Wildman–Crippen LogP) is 3.65. The van der Waals surface area contributed by atoms with Gasteiger partial charge in [0.15, 0.2) is 0 Å². The zero-order valence-electron chi connectivity index (χ0n) is 13.6. The van der Waals surface area contributed by atoms with E-state index in [4.69, 9.17) is 0 Å². The maximum atomic E-state index is 12.9. The molecule has 2 aromatic carbocycles. The van der Waals surface area contributed by atoms with Crippen LogP contribution >= 0.6 is 0 Å². The zero-order chi connectivity index (χ0) is 16.7. The summed E-state index contributed by atoms with van der Waals surface area (Å²) in [4.78, 5) is 3.86. The fraction of sp³-hybridized carbons (Fsp3) is 0.263. The van der Waals surface area contributed by atoms with E-state index in [1.165, 1.54) is 5.39 Å². The van der Waals surface area contributed by atoms with Crippen LogP contribution in [-0.2, 0) is 10.0 Å². The summed E-state index contributed by atoms with van der Waals surface area (Å²) in [5.74, 6) is 0.219. The molecule has 124 valence electrons. The van der Waals surface area contributed by atoms with Gasteiger partial charge in [-0.3, -0.25) is 0 Å². The summed E-state index contributed by atoms with van der Waals surface area (Å²) in [5, 5.41) is 1.17. The molecular formula is C19H20N2O2S. The molecule has 2 heterocycles. The first-order valence-corrected chi connectivity index (χ1v) is 9.63. The Kier molecular flexibility index (Phi) is 3.70. The molecule has 0 radical (unpaired) electrons. The van der Waals surface area contributed by atoms with Gasteiger partial charge in [0, 0.05) is 30.2 Å². The van der Waals surface area contributed by atoms with Gasteiger partial charge in [0.1, 0.15) is 0 Å². The Hall–Kier alpha value is -2.11. The lowest BCUT2D eigenvalue weighted by atomic mass is 10.1. The van der Waals surface area contributed by atoms with Crippen LogP contribution < -0.4 is 0 Å². The summed E-state index contributed by atoms with van der Waals surface area (Å²) in [6.07, 6.45) is 0.845. The Bertz CT molecular complexity index is 958. The highest BCUT2D eigenvalue weighted by Gasteiger charge is 2.34. The number of H-pyrrole nitrogens is 1. The van der Waals surface area contributed by atoms with Crippen molar-refractivity contribution in [1.29, 1.82) is 0 Å². The number of aromatic nitrogens is 1. The van der Waals surface area contributed by atoms with Gasteiger partial charge in [0.25, 0.3) is 0 Å². The summed E-state index contributed by atoms with van der Waals surface area (Å²) in [5.41, 5.74) is 3.03. The van der Waals surface area contributed by atoms with Gasteiger partial charge >= 0.3 is 0 Å². The molecule has 0 aliphatic carbocycles. The van der Waals surface area contributed by atoms with Crippen LogP contribution in [0.3, 0.4) is 0 Å². The van der Waals surface area contributed by atoms with Gasteiger partial charge in [0.2, 0.25) is 10.0 Å². The number of nitrogens with one attached hydrogen (secondary N) is 1. The van der Waals surface area contributed by atoms with Gasteiger partial charge in [-0.15, -0.1) is 0 Å². The van der Waals surface area contributed by atoms with E-state index < -0.39 is 10.0 Å². The first-order valence-electron chi connectivity index (χ1n) is 8.19. The predicted molar refractivity (Wildman–Crippen MR) is 95.6 cm³/mol. The van der Waals surface area contributed by atoms with Crippen molar-refractivity contribution in [2.24, 2.45) is 0 Å². The van der Waals surface area contributed by atoms with Gasteiger partial charge in [-0.1, -0.05) is 36.4 Å². The SMILES string of the molecule is Cc1ccccc1S(=O)(=O)N1CCC(c2cc3ccccc3[nH]2)C1. The molecule has 0 saturated carbocycles. The second kappa shape index (κ2) is 5.76. The molecular weight excluding hydrogens is 320 g/mol. The van der Waals surface area contributed by atoms with E-state index in [9.17, 15) is 8.42 Å². The quantitative estimate of drug-likeness (QED) is 0.791. The molecule has 24 heavy (non-hydrogen) atoms. The number of nitrogens with zero attached hydrogens (tertiary/aromatic N) is 1. The number of benzene rings is 2. The molecule has 4 rings (SSSR count). The highest BCUT2D eigenvalue weighted by atomic mass is 32.2. The molecule has 3 aromatic rings. The minimum Gasteiger partial charge on any atom is -0.358 e. The lowest BCUT2D eigenvalue weighted by Gasteiger charge is -2.17. The number of aromatic amines is 1. The third-order valence-electron chi connectivity index (χ3n) is 4.85. The molecule has 1 unspecified atom stereocenters. The first kappa shape index (κ1) is 15.4. The van der Waals surface area contributed by atoms with Crippen molar-refractivity contribution in [1.82, 2.24) is 9.29 Å². The number of hydrogen-bond donors (Lipinski definition) is 1. The lowest BCUT2D eigenvalue weighted by Crippen LogP contribution is -2.29. The normalized spacial score (nSPS) is 19.1. The van der Waals surface area contributed by atoms with E-state index in [0.717, 1.165) is 23.2 Å². The largest absolute Gasteiger partial charge is 0.358 e. The van der Waals surface area contributed by atoms with Crippen molar-refractivity contribution in [2.45, 2.75) is 24.2 Å². The van der Waals surface area contributed by atoms with Crippen LogP contribution in [0, 0.1) is 6.92 Å². The Labute approximate surface area is 142 Å². The number of aryl methyl sites for hydroxylation is 1. The molecule has 1 saturated heterocycles. The summed E-state index contributed by atoms with van der Waals surface area (Å²) >= 11 is 0. The Balaban J connectivity index is 1.61. The Morgan fingerprint density at radius 1 is 1.08 bits per heavy atom. The Morgan fingerprint density at radius 3 is 2.62 bits per heavy atom. The van der Waals surface area contributed by atoms with Gasteiger partial charge in [-0.2, -0.15) is 4.31 Å². The molecule has 1 aromatic heterocycles. The first-order chi connectivity index (χ1) is 11.6. The van der Waals surface area contributed by atoms with Crippen LogP contribution in [0.15, 0.2) is 59.5 Å². The molecule has 5 heteroatoms. The summed E-state index contributed by atoms with van der Waals surface area (Å²) in [6.45, 7) is 2.94. The third-order valence-corrected chi connectivity index (χ3v) is 6.88. The van der Waals surface area contributed by atoms with E-state index >= 15 is 0 Å². The van der Waals surface area contributed by atoms with Gasteiger partial charge in [0.05, 0.1) is 4.90 Å². The van der Waals surface area contributed by atoms with Gasteiger partial charge < -0.3 is 4.98 Å². The second-order valence-electron chi connectivity index (χ2n) is 6.43. The van der Waals surface area contributed by atoms with Crippen molar-refractivity contribution in [3.8, 4) is 0 Å². The molecule has 0 bridgehead atoms. The van der Waals surface area contributed by atoms with E-state index in [1.54, 1.807) is 16.4 Å². The average Bonchev–Trinajstić information content (AvgIpc) is 3.22. The highest BCUT2D eigenvalue weighted by Crippen LogP contribution is 2.32. The molecule has 1 fully saturated rings. The molecule has 1 atom stereocenters. The highest BCUT2D eigenvalue weighted by molar-refractivity contribution is 7.89. The van der Waals surface area contributed by atoms with Gasteiger partial charge in [-0.25, -0.2) is 8.42 Å². The number of sulfonamides is 1. The summed E-state index contributed by atoms with van der Waals surface area (Å²) < 4.78 is 27.5. The van der Waals surface area contributed by atoms with Crippen LogP contribution in [0.25, 0.3) is 10.9 Å². The zero-order valence-corrected chi connectivity index (χ0v) is 14.4. The topological polar surface area (TPSA) is 53.2 Å². The van der Waals surface area contributed by atoms with Crippen LogP contribution in [0.4, 0.5) is 0 Å². The molecule has 0 spiro atoms. The van der Waals surface area contributed by atoms with Crippen molar-refractivity contribution in [2.75, 3.05) is 13.1 Å². The number of hydrogen-bond acceptors (Lipinski definition) is 2. The van der Waals surface area contributed by atoms with Crippen LogP contribution in [0.1, 0.15) is 23.6 Å². The van der Waals surface area contributed by atoms with Crippen molar-refractivity contribution in [3.05, 3.63) is 65.9 Å². The van der Waals surface area contributed by atoms with Crippen molar-refractivity contribution >= 4 is 20.9 Å². The third kappa shape index (κ3) is 2.54. The van der Waals surface area contributed by atoms with E-state index in [2.05, 4.69) is 23.2 Å². The van der Waals surface area contributed by atoms with Crippen molar-refractivity contribution < 1.29 is 8.42 Å².